The van der Waals surface area contributed by atoms with Crippen molar-refractivity contribution in [3.63, 3.8) is 0 Å². The summed E-state index contributed by atoms with van der Waals surface area (Å²) in [7, 11) is 0. The zero-order valence-corrected chi connectivity index (χ0v) is 21.0. The van der Waals surface area contributed by atoms with Gasteiger partial charge in [-0.3, -0.25) is 4.90 Å². The number of amides is 4. The van der Waals surface area contributed by atoms with E-state index < -0.39 is 24.1 Å². The maximum Gasteiger partial charge on any atom is 0.329 e. The predicted molar refractivity (Wildman–Crippen MR) is 143 cm³/mol. The third-order valence-electron chi connectivity index (χ3n) is 8.02. The van der Waals surface area contributed by atoms with E-state index in [-0.39, 0.29) is 18.6 Å². The van der Waals surface area contributed by atoms with Gasteiger partial charge in [0.1, 0.15) is 0 Å². The Morgan fingerprint density at radius 3 is 1.84 bits per heavy atom. The minimum absolute atomic E-state index is 0.119. The number of anilines is 2. The first-order chi connectivity index (χ1) is 18.5. The number of carboxylic acids is 1. The SMILES string of the molecule is O=C(O)[C@@H]1[C@H]2CC[C@@H](CN1C(=O)N(c1ccccc1)c1ccccc1)N2C(=O)N1CC(c2ccccc2)C1. The molecule has 0 aromatic heterocycles. The molecule has 3 atom stereocenters. The second-order valence-corrected chi connectivity index (χ2v) is 10.2. The monoisotopic (exact) mass is 510 g/mol. The number of hydrogen-bond donors (Lipinski definition) is 1. The van der Waals surface area contributed by atoms with Gasteiger partial charge in [-0.2, -0.15) is 0 Å². The molecule has 3 aromatic rings. The predicted octanol–water partition coefficient (Wildman–Crippen LogP) is 4.77. The lowest BCUT2D eigenvalue weighted by molar-refractivity contribution is -0.146. The smallest absolute Gasteiger partial charge is 0.329 e. The zero-order valence-electron chi connectivity index (χ0n) is 21.0. The number of benzene rings is 3. The highest BCUT2D eigenvalue weighted by Crippen LogP contribution is 2.39. The Kier molecular flexibility index (Phi) is 6.23. The molecule has 8 heteroatoms. The van der Waals surface area contributed by atoms with E-state index >= 15 is 0 Å². The fourth-order valence-electron chi connectivity index (χ4n) is 6.13. The molecule has 3 aliphatic rings. The molecule has 3 heterocycles. The van der Waals surface area contributed by atoms with Crippen LogP contribution in [0.5, 0.6) is 0 Å². The molecule has 6 rings (SSSR count). The van der Waals surface area contributed by atoms with Crippen LogP contribution in [0.2, 0.25) is 0 Å². The summed E-state index contributed by atoms with van der Waals surface area (Å²) in [5.41, 5.74) is 2.53. The molecule has 2 bridgehead atoms. The molecule has 0 aliphatic carbocycles. The Morgan fingerprint density at radius 1 is 0.737 bits per heavy atom. The molecule has 3 saturated heterocycles. The van der Waals surface area contributed by atoms with Crippen molar-refractivity contribution in [3.05, 3.63) is 96.6 Å². The van der Waals surface area contributed by atoms with Crippen LogP contribution in [-0.4, -0.2) is 75.6 Å². The highest BCUT2D eigenvalue weighted by atomic mass is 16.4. The number of hydrogen-bond acceptors (Lipinski definition) is 3. The van der Waals surface area contributed by atoms with E-state index in [1.165, 1.54) is 10.5 Å². The minimum Gasteiger partial charge on any atom is -0.480 e. The quantitative estimate of drug-likeness (QED) is 0.548. The summed E-state index contributed by atoms with van der Waals surface area (Å²) in [4.78, 5) is 46.9. The topological polar surface area (TPSA) is 84.4 Å². The number of aliphatic carboxylic acids is 1. The molecule has 0 unspecified atom stereocenters. The van der Waals surface area contributed by atoms with Gasteiger partial charge in [0.05, 0.1) is 23.5 Å². The Hall–Kier alpha value is -4.33. The first kappa shape index (κ1) is 24.0. The van der Waals surface area contributed by atoms with Crippen molar-refractivity contribution in [2.24, 2.45) is 0 Å². The van der Waals surface area contributed by atoms with Crippen LogP contribution in [-0.2, 0) is 4.79 Å². The molecule has 3 aliphatic heterocycles. The number of urea groups is 2. The van der Waals surface area contributed by atoms with E-state index in [4.69, 9.17) is 0 Å². The summed E-state index contributed by atoms with van der Waals surface area (Å²) in [6.07, 6.45) is 1.24. The third kappa shape index (κ3) is 4.16. The number of carboxylic acid groups (broad SMARTS) is 1. The van der Waals surface area contributed by atoms with Crippen LogP contribution >= 0.6 is 0 Å². The van der Waals surface area contributed by atoms with E-state index in [9.17, 15) is 19.5 Å². The molecule has 0 spiro atoms. The van der Waals surface area contributed by atoms with E-state index in [1.807, 2.05) is 78.9 Å². The number of carbonyl (C=O) groups excluding carboxylic acids is 2. The minimum atomic E-state index is -1.12. The highest BCUT2D eigenvalue weighted by Gasteiger charge is 2.55. The van der Waals surface area contributed by atoms with Crippen LogP contribution in [0.1, 0.15) is 24.3 Å². The number of rotatable bonds is 4. The van der Waals surface area contributed by atoms with Crippen LogP contribution in [0.3, 0.4) is 0 Å². The Morgan fingerprint density at radius 2 is 1.29 bits per heavy atom. The Bertz CT molecular complexity index is 1270. The van der Waals surface area contributed by atoms with Gasteiger partial charge in [0, 0.05) is 25.6 Å². The maximum absolute atomic E-state index is 14.1. The summed E-state index contributed by atoms with van der Waals surface area (Å²) in [6.45, 7) is 1.42. The van der Waals surface area contributed by atoms with Gasteiger partial charge in [0.25, 0.3) is 0 Å². The normalized spacial score (nSPS) is 22.6. The van der Waals surface area contributed by atoms with Crippen molar-refractivity contribution < 1.29 is 19.5 Å². The van der Waals surface area contributed by atoms with Crippen molar-refractivity contribution in [1.29, 1.82) is 0 Å². The lowest BCUT2D eigenvalue weighted by atomic mass is 9.91. The molecule has 1 N–H and O–H groups in total. The highest BCUT2D eigenvalue weighted by molar-refractivity contribution is 6.01. The van der Waals surface area contributed by atoms with Gasteiger partial charge in [-0.05, 0) is 42.7 Å². The van der Waals surface area contributed by atoms with Gasteiger partial charge < -0.3 is 19.8 Å². The molecular formula is C30H30N4O4. The first-order valence-corrected chi connectivity index (χ1v) is 13.1. The fourth-order valence-corrected chi connectivity index (χ4v) is 6.13. The van der Waals surface area contributed by atoms with Gasteiger partial charge in [-0.25, -0.2) is 14.4 Å². The zero-order chi connectivity index (χ0) is 26.2. The average molecular weight is 511 g/mol. The lowest BCUT2D eigenvalue weighted by Gasteiger charge is -2.49. The molecule has 38 heavy (non-hydrogen) atoms. The lowest BCUT2D eigenvalue weighted by Crippen LogP contribution is -2.68. The number of para-hydroxylation sites is 2. The van der Waals surface area contributed by atoms with Gasteiger partial charge in [0.15, 0.2) is 6.04 Å². The summed E-state index contributed by atoms with van der Waals surface area (Å²) >= 11 is 0. The molecule has 8 nitrogen and oxygen atoms in total. The fraction of sp³-hybridized carbons (Fsp3) is 0.300. The number of likely N-dealkylation sites (tertiary alicyclic amines) is 2. The van der Waals surface area contributed by atoms with Crippen LogP contribution in [0.15, 0.2) is 91.0 Å². The second-order valence-electron chi connectivity index (χ2n) is 10.2. The van der Waals surface area contributed by atoms with E-state index in [0.717, 1.165) is 0 Å². The molecule has 3 fully saturated rings. The Labute approximate surface area is 221 Å². The summed E-state index contributed by atoms with van der Waals surface area (Å²) in [5.74, 6) is -0.797. The van der Waals surface area contributed by atoms with Crippen molar-refractivity contribution in [3.8, 4) is 0 Å². The molecule has 0 radical (unpaired) electrons. The van der Waals surface area contributed by atoms with Gasteiger partial charge in [-0.15, -0.1) is 0 Å². The first-order valence-electron chi connectivity index (χ1n) is 13.1. The summed E-state index contributed by atoms with van der Waals surface area (Å²) in [5, 5.41) is 10.3. The summed E-state index contributed by atoms with van der Waals surface area (Å²) in [6, 6.07) is 26.2. The third-order valence-corrected chi connectivity index (χ3v) is 8.02. The largest absolute Gasteiger partial charge is 0.480 e. The van der Waals surface area contributed by atoms with E-state index in [0.29, 0.717) is 43.2 Å². The van der Waals surface area contributed by atoms with Crippen LogP contribution in [0.4, 0.5) is 21.0 Å². The number of carbonyl (C=O) groups is 3. The van der Waals surface area contributed by atoms with E-state index in [2.05, 4.69) is 12.1 Å². The van der Waals surface area contributed by atoms with Crippen LogP contribution in [0, 0.1) is 0 Å². The van der Waals surface area contributed by atoms with E-state index in [1.54, 1.807) is 14.7 Å². The van der Waals surface area contributed by atoms with Gasteiger partial charge in [0.2, 0.25) is 0 Å². The maximum atomic E-state index is 14.1. The van der Waals surface area contributed by atoms with Crippen molar-refractivity contribution >= 4 is 29.4 Å². The van der Waals surface area contributed by atoms with Crippen molar-refractivity contribution in [1.82, 2.24) is 14.7 Å². The second kappa shape index (κ2) is 9.85. The average Bonchev–Trinajstić information content (AvgIpc) is 3.22. The molecule has 194 valence electrons. The van der Waals surface area contributed by atoms with Crippen molar-refractivity contribution in [2.45, 2.75) is 36.9 Å². The molecule has 4 amide bonds. The number of nitrogens with zero attached hydrogens (tertiary/aromatic N) is 4. The van der Waals surface area contributed by atoms with Crippen LogP contribution in [0.25, 0.3) is 0 Å². The number of fused-ring (bicyclic) bond motifs is 2. The van der Waals surface area contributed by atoms with Crippen LogP contribution < -0.4 is 4.90 Å². The molecule has 3 aromatic carbocycles. The standard InChI is InChI=1S/C30H30N4O4/c35-28(36)27-26-17-16-25(34(26)29(37)31-18-22(19-31)21-10-4-1-5-11-21)20-32(27)30(38)33(23-12-6-2-7-13-23)24-14-8-3-9-15-24/h1-15,22,25-27H,16-20H2,(H,35,36)/t25-,26+,27-/m0/s1. The van der Waals surface area contributed by atoms with Crippen molar-refractivity contribution in [2.75, 3.05) is 24.5 Å². The molecule has 0 saturated carbocycles. The number of piperazine rings is 1. The van der Waals surface area contributed by atoms with Gasteiger partial charge >= 0.3 is 18.0 Å². The molecular weight excluding hydrogens is 480 g/mol. The summed E-state index contributed by atoms with van der Waals surface area (Å²) < 4.78 is 0. The van der Waals surface area contributed by atoms with Gasteiger partial charge in [-0.1, -0.05) is 66.7 Å². The Balaban J connectivity index is 1.25.